The van der Waals surface area contributed by atoms with E-state index in [1.165, 1.54) is 25.3 Å². The van der Waals surface area contributed by atoms with Crippen molar-refractivity contribution in [1.29, 1.82) is 0 Å². The topological polar surface area (TPSA) is 12.0 Å². The van der Waals surface area contributed by atoms with Gasteiger partial charge < -0.3 is 5.32 Å². The van der Waals surface area contributed by atoms with E-state index in [0.717, 1.165) is 30.4 Å². The van der Waals surface area contributed by atoms with E-state index in [2.05, 4.69) is 48.1 Å². The van der Waals surface area contributed by atoms with Gasteiger partial charge in [-0.15, -0.1) is 0 Å². The number of hydrogen-bond acceptors (Lipinski definition) is 1. The van der Waals surface area contributed by atoms with Crippen LogP contribution in [0.15, 0.2) is 22.7 Å². The van der Waals surface area contributed by atoms with Crippen molar-refractivity contribution in [3.63, 3.8) is 0 Å². The van der Waals surface area contributed by atoms with E-state index in [9.17, 15) is 4.39 Å². The summed E-state index contributed by atoms with van der Waals surface area (Å²) in [5.74, 6) is 2.00. The average Bonchev–Trinajstić information content (AvgIpc) is 2.45. The minimum absolute atomic E-state index is 0.149. The van der Waals surface area contributed by atoms with Crippen LogP contribution in [-0.2, 0) is 6.42 Å². The number of halogens is 2. The maximum absolute atomic E-state index is 13.7. The van der Waals surface area contributed by atoms with Crippen molar-refractivity contribution in [2.75, 3.05) is 6.54 Å². The molecule has 21 heavy (non-hydrogen) atoms. The van der Waals surface area contributed by atoms with Gasteiger partial charge in [0.1, 0.15) is 5.82 Å². The Morgan fingerprint density at radius 2 is 2.10 bits per heavy atom. The maximum atomic E-state index is 13.7. The van der Waals surface area contributed by atoms with Gasteiger partial charge in [-0.25, -0.2) is 4.39 Å². The van der Waals surface area contributed by atoms with E-state index in [1.54, 1.807) is 0 Å². The smallest absolute Gasteiger partial charge is 0.137 e. The van der Waals surface area contributed by atoms with Gasteiger partial charge in [-0.05, 0) is 77.5 Å². The summed E-state index contributed by atoms with van der Waals surface area (Å²) in [4.78, 5) is 0. The first-order valence-corrected chi connectivity index (χ1v) is 8.98. The molecule has 0 bridgehead atoms. The molecule has 1 aliphatic rings. The predicted molar refractivity (Wildman–Crippen MR) is 90.9 cm³/mol. The summed E-state index contributed by atoms with van der Waals surface area (Å²) in [7, 11) is 0. The molecule has 1 fully saturated rings. The Labute approximate surface area is 136 Å². The van der Waals surface area contributed by atoms with Gasteiger partial charge in [-0.2, -0.15) is 0 Å². The standard InChI is InChI=1S/C18H27BrFN/c1-4-21-17-9-8-13(12(2)3)10-15(17)11-14-6-5-7-16(20)18(14)19/h5-7,12-13,15,17,21H,4,8-11H2,1-3H3. The lowest BCUT2D eigenvalue weighted by atomic mass is 9.71. The quantitative estimate of drug-likeness (QED) is 0.766. The molecule has 0 spiro atoms. The van der Waals surface area contributed by atoms with Crippen LogP contribution in [0, 0.1) is 23.6 Å². The second-order valence-electron chi connectivity index (χ2n) is 6.66. The summed E-state index contributed by atoms with van der Waals surface area (Å²) in [5.41, 5.74) is 1.10. The Bertz CT molecular complexity index is 461. The average molecular weight is 356 g/mol. The molecule has 1 saturated carbocycles. The molecule has 1 aliphatic carbocycles. The van der Waals surface area contributed by atoms with Crippen molar-refractivity contribution >= 4 is 15.9 Å². The number of benzene rings is 1. The summed E-state index contributed by atoms with van der Waals surface area (Å²) >= 11 is 3.41. The van der Waals surface area contributed by atoms with E-state index in [0.29, 0.717) is 16.4 Å². The van der Waals surface area contributed by atoms with Gasteiger partial charge in [-0.3, -0.25) is 0 Å². The third kappa shape index (κ3) is 4.29. The summed E-state index contributed by atoms with van der Waals surface area (Å²) in [6.07, 6.45) is 4.77. The van der Waals surface area contributed by atoms with Crippen LogP contribution in [-0.4, -0.2) is 12.6 Å². The molecule has 1 aromatic rings. The van der Waals surface area contributed by atoms with E-state index in [4.69, 9.17) is 0 Å². The van der Waals surface area contributed by atoms with Crippen LogP contribution >= 0.6 is 15.9 Å². The molecule has 0 amide bonds. The summed E-state index contributed by atoms with van der Waals surface area (Å²) < 4.78 is 14.4. The van der Waals surface area contributed by atoms with Crippen molar-refractivity contribution in [3.8, 4) is 0 Å². The van der Waals surface area contributed by atoms with Crippen LogP contribution in [0.3, 0.4) is 0 Å². The Balaban J connectivity index is 2.13. The van der Waals surface area contributed by atoms with Gasteiger partial charge in [0, 0.05) is 6.04 Å². The summed E-state index contributed by atoms with van der Waals surface area (Å²) in [6, 6.07) is 5.96. The zero-order valence-corrected chi connectivity index (χ0v) is 14.9. The van der Waals surface area contributed by atoms with E-state index >= 15 is 0 Å². The molecule has 1 aromatic carbocycles. The second-order valence-corrected chi connectivity index (χ2v) is 7.45. The van der Waals surface area contributed by atoms with Crippen molar-refractivity contribution in [2.24, 2.45) is 17.8 Å². The highest BCUT2D eigenvalue weighted by atomic mass is 79.9. The Kier molecular flexibility index (Phi) is 6.24. The highest BCUT2D eigenvalue weighted by molar-refractivity contribution is 9.10. The molecule has 3 heteroatoms. The molecule has 0 aromatic heterocycles. The normalized spacial score (nSPS) is 26.3. The van der Waals surface area contributed by atoms with Crippen molar-refractivity contribution in [3.05, 3.63) is 34.1 Å². The zero-order chi connectivity index (χ0) is 15.4. The predicted octanol–water partition coefficient (Wildman–Crippen LogP) is 5.18. The third-order valence-corrected chi connectivity index (χ3v) is 5.83. The van der Waals surface area contributed by atoms with Gasteiger partial charge in [-0.1, -0.05) is 32.9 Å². The lowest BCUT2D eigenvalue weighted by Gasteiger charge is -2.38. The first-order valence-electron chi connectivity index (χ1n) is 8.19. The Morgan fingerprint density at radius 1 is 1.33 bits per heavy atom. The van der Waals surface area contributed by atoms with E-state index in [1.807, 2.05) is 6.07 Å². The summed E-state index contributed by atoms with van der Waals surface area (Å²) in [6.45, 7) is 7.84. The van der Waals surface area contributed by atoms with E-state index < -0.39 is 0 Å². The molecule has 118 valence electrons. The molecule has 3 unspecified atom stereocenters. The zero-order valence-electron chi connectivity index (χ0n) is 13.3. The monoisotopic (exact) mass is 355 g/mol. The molecule has 1 nitrogen and oxygen atoms in total. The molecule has 0 aliphatic heterocycles. The minimum atomic E-state index is -0.149. The first kappa shape index (κ1) is 17.0. The van der Waals surface area contributed by atoms with Crippen LogP contribution in [0.4, 0.5) is 4.39 Å². The largest absolute Gasteiger partial charge is 0.314 e. The van der Waals surface area contributed by atoms with Gasteiger partial charge >= 0.3 is 0 Å². The number of hydrogen-bond donors (Lipinski definition) is 1. The third-order valence-electron chi connectivity index (χ3n) is 4.95. The van der Waals surface area contributed by atoms with Crippen molar-refractivity contribution in [2.45, 2.75) is 52.5 Å². The molecular weight excluding hydrogens is 329 g/mol. The van der Waals surface area contributed by atoms with Crippen LogP contribution in [0.25, 0.3) is 0 Å². The molecule has 0 heterocycles. The van der Waals surface area contributed by atoms with Crippen molar-refractivity contribution < 1.29 is 4.39 Å². The number of rotatable bonds is 5. The first-order chi connectivity index (χ1) is 10.0. The lowest BCUT2D eigenvalue weighted by molar-refractivity contribution is 0.168. The highest BCUT2D eigenvalue weighted by Gasteiger charge is 2.31. The fraction of sp³-hybridized carbons (Fsp3) is 0.667. The molecule has 1 N–H and O–H groups in total. The van der Waals surface area contributed by atoms with Gasteiger partial charge in [0.25, 0.3) is 0 Å². The van der Waals surface area contributed by atoms with Crippen LogP contribution in [0.5, 0.6) is 0 Å². The maximum Gasteiger partial charge on any atom is 0.137 e. The van der Waals surface area contributed by atoms with Crippen LogP contribution < -0.4 is 5.32 Å². The van der Waals surface area contributed by atoms with Gasteiger partial charge in [0.05, 0.1) is 4.47 Å². The van der Waals surface area contributed by atoms with E-state index in [-0.39, 0.29) is 5.82 Å². The van der Waals surface area contributed by atoms with Gasteiger partial charge in [0.2, 0.25) is 0 Å². The molecule has 3 atom stereocenters. The van der Waals surface area contributed by atoms with Crippen LogP contribution in [0.1, 0.15) is 45.6 Å². The lowest BCUT2D eigenvalue weighted by Crippen LogP contribution is -2.42. The second kappa shape index (κ2) is 7.73. The van der Waals surface area contributed by atoms with Gasteiger partial charge in [0.15, 0.2) is 0 Å². The molecule has 0 radical (unpaired) electrons. The molecule has 2 rings (SSSR count). The summed E-state index contributed by atoms with van der Waals surface area (Å²) in [5, 5.41) is 3.64. The fourth-order valence-electron chi connectivity index (χ4n) is 3.65. The Morgan fingerprint density at radius 3 is 2.76 bits per heavy atom. The highest BCUT2D eigenvalue weighted by Crippen LogP contribution is 2.37. The Hall–Kier alpha value is -0.410. The SMILES string of the molecule is CCNC1CCC(C(C)C)CC1Cc1cccc(F)c1Br. The van der Waals surface area contributed by atoms with Crippen molar-refractivity contribution in [1.82, 2.24) is 5.32 Å². The fourth-order valence-corrected chi connectivity index (χ4v) is 4.08. The number of nitrogens with one attached hydrogen (secondary N) is 1. The molecule has 0 saturated heterocycles. The molecular formula is C18H27BrFN. The minimum Gasteiger partial charge on any atom is -0.314 e. The van der Waals surface area contributed by atoms with Crippen LogP contribution in [0.2, 0.25) is 0 Å².